The molecule has 0 aliphatic heterocycles. The molecular formula is C14H22N4S. The van der Waals surface area contributed by atoms with Crippen LogP contribution in [0, 0.1) is 11.3 Å². The zero-order valence-electron chi connectivity index (χ0n) is 11.6. The predicted molar refractivity (Wildman–Crippen MR) is 79.0 cm³/mol. The average Bonchev–Trinajstić information content (AvgIpc) is 3.00. The van der Waals surface area contributed by atoms with Gasteiger partial charge in [-0.05, 0) is 24.2 Å². The van der Waals surface area contributed by atoms with Gasteiger partial charge < -0.3 is 0 Å². The lowest BCUT2D eigenvalue weighted by Gasteiger charge is -2.33. The van der Waals surface area contributed by atoms with Crippen molar-refractivity contribution in [3.8, 4) is 0 Å². The largest absolute Gasteiger partial charge is 0.297 e. The fourth-order valence-electron chi connectivity index (χ4n) is 3.52. The molecule has 4 nitrogen and oxygen atoms in total. The monoisotopic (exact) mass is 278 g/mol. The van der Waals surface area contributed by atoms with Crippen molar-refractivity contribution in [1.82, 2.24) is 14.8 Å². The second-order valence-electron chi connectivity index (χ2n) is 6.29. The second kappa shape index (κ2) is 4.89. The minimum Gasteiger partial charge on any atom is -0.297 e. The number of nitrogens with zero attached hydrogens (tertiary/aromatic N) is 2. The van der Waals surface area contributed by atoms with E-state index in [1.165, 1.54) is 19.3 Å². The summed E-state index contributed by atoms with van der Waals surface area (Å²) in [7, 11) is 0. The molecule has 3 rings (SSSR count). The zero-order valence-corrected chi connectivity index (χ0v) is 12.4. The van der Waals surface area contributed by atoms with Crippen LogP contribution in [-0.4, -0.2) is 15.4 Å². The lowest BCUT2D eigenvalue weighted by molar-refractivity contribution is 0.195. The van der Waals surface area contributed by atoms with Crippen molar-refractivity contribution in [3.05, 3.63) is 23.5 Å². The Labute approximate surface area is 118 Å². The third kappa shape index (κ3) is 2.42. The first-order valence-corrected chi connectivity index (χ1v) is 7.85. The molecular weight excluding hydrogens is 256 g/mol. The van der Waals surface area contributed by atoms with Crippen LogP contribution in [0.1, 0.15) is 38.8 Å². The first-order chi connectivity index (χ1) is 9.10. The first kappa shape index (κ1) is 13.1. The van der Waals surface area contributed by atoms with Gasteiger partial charge in [-0.2, -0.15) is 0 Å². The number of aromatic nitrogens is 2. The van der Waals surface area contributed by atoms with E-state index in [0.29, 0.717) is 17.4 Å². The van der Waals surface area contributed by atoms with Crippen molar-refractivity contribution in [3.63, 3.8) is 0 Å². The summed E-state index contributed by atoms with van der Waals surface area (Å²) in [4.78, 5) is 5.73. The summed E-state index contributed by atoms with van der Waals surface area (Å²) >= 11 is 1.68. The third-order valence-corrected chi connectivity index (χ3v) is 5.38. The van der Waals surface area contributed by atoms with Crippen LogP contribution in [0.25, 0.3) is 4.96 Å². The SMILES string of the molecule is CC1(C)CCCC1C(Cc1cn2ccsc2n1)NN. The van der Waals surface area contributed by atoms with Crippen molar-refractivity contribution in [2.24, 2.45) is 17.2 Å². The highest BCUT2D eigenvalue weighted by Gasteiger charge is 2.39. The minimum absolute atomic E-state index is 0.321. The summed E-state index contributed by atoms with van der Waals surface area (Å²) in [5.41, 5.74) is 4.56. The Morgan fingerprint density at radius 1 is 1.63 bits per heavy atom. The fourth-order valence-corrected chi connectivity index (χ4v) is 4.24. The Hall–Kier alpha value is -0.910. The normalized spacial score (nSPS) is 24.1. The summed E-state index contributed by atoms with van der Waals surface area (Å²) in [6.07, 6.45) is 8.98. The Kier molecular flexibility index (Phi) is 3.37. The number of hydrogen-bond acceptors (Lipinski definition) is 4. The molecule has 0 bridgehead atoms. The Bertz CT molecular complexity index is 528. The molecule has 3 N–H and O–H groups in total. The van der Waals surface area contributed by atoms with E-state index in [-0.39, 0.29) is 0 Å². The maximum Gasteiger partial charge on any atom is 0.193 e. The van der Waals surface area contributed by atoms with Gasteiger partial charge in [0.2, 0.25) is 0 Å². The average molecular weight is 278 g/mol. The first-order valence-electron chi connectivity index (χ1n) is 6.97. The van der Waals surface area contributed by atoms with E-state index >= 15 is 0 Å². The lowest BCUT2D eigenvalue weighted by atomic mass is 9.76. The van der Waals surface area contributed by atoms with Crippen molar-refractivity contribution < 1.29 is 0 Å². The van der Waals surface area contributed by atoms with E-state index in [1.54, 1.807) is 11.3 Å². The summed E-state index contributed by atoms with van der Waals surface area (Å²) in [5.74, 6) is 6.45. The molecule has 0 aromatic carbocycles. The molecule has 1 saturated carbocycles. The molecule has 1 fully saturated rings. The maximum absolute atomic E-state index is 5.81. The molecule has 2 heterocycles. The van der Waals surface area contributed by atoms with Crippen molar-refractivity contribution in [2.45, 2.75) is 45.6 Å². The lowest BCUT2D eigenvalue weighted by Crippen LogP contribution is -2.45. The molecule has 2 aromatic heterocycles. The highest BCUT2D eigenvalue weighted by molar-refractivity contribution is 7.15. The van der Waals surface area contributed by atoms with E-state index in [9.17, 15) is 0 Å². The topological polar surface area (TPSA) is 55.3 Å². The highest BCUT2D eigenvalue weighted by Crippen LogP contribution is 2.44. The van der Waals surface area contributed by atoms with Crippen LogP contribution < -0.4 is 11.3 Å². The summed E-state index contributed by atoms with van der Waals surface area (Å²) in [6.45, 7) is 4.72. The Morgan fingerprint density at radius 2 is 2.47 bits per heavy atom. The van der Waals surface area contributed by atoms with Gasteiger partial charge in [0.15, 0.2) is 4.96 Å². The zero-order chi connectivity index (χ0) is 13.5. The van der Waals surface area contributed by atoms with Crippen LogP contribution in [0.15, 0.2) is 17.8 Å². The van der Waals surface area contributed by atoms with Gasteiger partial charge in [-0.3, -0.25) is 15.7 Å². The molecule has 2 aromatic rings. The summed E-state index contributed by atoms with van der Waals surface area (Å²) in [5, 5.41) is 2.06. The molecule has 5 heteroatoms. The van der Waals surface area contributed by atoms with Gasteiger partial charge in [0.25, 0.3) is 0 Å². The van der Waals surface area contributed by atoms with Crippen molar-refractivity contribution >= 4 is 16.3 Å². The Morgan fingerprint density at radius 3 is 3.11 bits per heavy atom. The van der Waals surface area contributed by atoms with Gasteiger partial charge in [0, 0.05) is 30.2 Å². The molecule has 104 valence electrons. The number of imidazole rings is 1. The van der Waals surface area contributed by atoms with Gasteiger partial charge in [-0.1, -0.05) is 20.3 Å². The number of nitrogens with one attached hydrogen (secondary N) is 1. The number of hydrazine groups is 1. The summed E-state index contributed by atoms with van der Waals surface area (Å²) in [6, 6.07) is 0.321. The number of rotatable bonds is 4. The highest BCUT2D eigenvalue weighted by atomic mass is 32.1. The van der Waals surface area contributed by atoms with Gasteiger partial charge in [-0.15, -0.1) is 11.3 Å². The van der Waals surface area contributed by atoms with Gasteiger partial charge >= 0.3 is 0 Å². The summed E-state index contributed by atoms with van der Waals surface area (Å²) < 4.78 is 2.09. The molecule has 0 spiro atoms. The molecule has 2 unspecified atom stereocenters. The van der Waals surface area contributed by atoms with E-state index in [2.05, 4.69) is 46.4 Å². The van der Waals surface area contributed by atoms with Gasteiger partial charge in [0.1, 0.15) is 0 Å². The molecule has 0 radical (unpaired) electrons. The van der Waals surface area contributed by atoms with E-state index < -0.39 is 0 Å². The maximum atomic E-state index is 5.81. The van der Waals surface area contributed by atoms with Gasteiger partial charge in [0.05, 0.1) is 5.69 Å². The van der Waals surface area contributed by atoms with Crippen LogP contribution in [0.5, 0.6) is 0 Å². The molecule has 19 heavy (non-hydrogen) atoms. The Balaban J connectivity index is 1.78. The van der Waals surface area contributed by atoms with Gasteiger partial charge in [-0.25, -0.2) is 4.98 Å². The third-order valence-electron chi connectivity index (χ3n) is 4.61. The van der Waals surface area contributed by atoms with E-state index in [0.717, 1.165) is 17.1 Å². The van der Waals surface area contributed by atoms with Crippen LogP contribution >= 0.6 is 11.3 Å². The standard InChI is InChI=1S/C14H22N4S/c1-14(2)5-3-4-11(14)12(17-15)8-10-9-18-6-7-19-13(18)16-10/h6-7,9,11-12,17H,3-5,8,15H2,1-2H3. The van der Waals surface area contributed by atoms with Crippen LogP contribution in [0.3, 0.4) is 0 Å². The molecule has 1 aliphatic carbocycles. The minimum atomic E-state index is 0.321. The molecule has 1 aliphatic rings. The van der Waals surface area contributed by atoms with Crippen LogP contribution in [-0.2, 0) is 6.42 Å². The number of hydrogen-bond donors (Lipinski definition) is 2. The van der Waals surface area contributed by atoms with Crippen LogP contribution in [0.2, 0.25) is 0 Å². The molecule has 0 amide bonds. The number of fused-ring (bicyclic) bond motifs is 1. The van der Waals surface area contributed by atoms with Crippen molar-refractivity contribution in [1.29, 1.82) is 0 Å². The van der Waals surface area contributed by atoms with E-state index in [4.69, 9.17) is 5.84 Å². The number of thiazole rings is 1. The van der Waals surface area contributed by atoms with E-state index in [1.807, 2.05) is 0 Å². The predicted octanol–water partition coefficient (Wildman–Crippen LogP) is 2.60. The second-order valence-corrected chi connectivity index (χ2v) is 7.16. The number of nitrogens with two attached hydrogens (primary N) is 1. The molecule has 2 atom stereocenters. The quantitative estimate of drug-likeness (QED) is 0.667. The molecule has 0 saturated heterocycles. The fraction of sp³-hybridized carbons (Fsp3) is 0.643. The van der Waals surface area contributed by atoms with Crippen LogP contribution in [0.4, 0.5) is 0 Å². The smallest absolute Gasteiger partial charge is 0.193 e. The van der Waals surface area contributed by atoms with Crippen molar-refractivity contribution in [2.75, 3.05) is 0 Å².